The van der Waals surface area contributed by atoms with Crippen LogP contribution < -0.4 is 5.32 Å². The summed E-state index contributed by atoms with van der Waals surface area (Å²) in [7, 11) is 0. The molecule has 0 atom stereocenters. The number of ether oxygens (including phenoxy) is 1. The van der Waals surface area contributed by atoms with Crippen LogP contribution in [0.25, 0.3) is 0 Å². The van der Waals surface area contributed by atoms with Gasteiger partial charge in [0, 0.05) is 30.2 Å². The number of carbonyl (C=O) groups is 2. The van der Waals surface area contributed by atoms with Gasteiger partial charge in [-0.25, -0.2) is 4.79 Å². The van der Waals surface area contributed by atoms with Crippen molar-refractivity contribution in [3.63, 3.8) is 0 Å². The molecule has 0 radical (unpaired) electrons. The van der Waals surface area contributed by atoms with Gasteiger partial charge in [0.2, 0.25) is 5.91 Å². The van der Waals surface area contributed by atoms with Gasteiger partial charge in [-0.3, -0.25) is 4.79 Å². The summed E-state index contributed by atoms with van der Waals surface area (Å²) in [4.78, 5) is 24.9. The van der Waals surface area contributed by atoms with Crippen molar-refractivity contribution >= 4 is 29.3 Å². The normalized spacial score (nSPS) is 14.9. The number of nitrogens with zero attached hydrogens (tertiary/aromatic N) is 1. The molecule has 1 saturated heterocycles. The summed E-state index contributed by atoms with van der Waals surface area (Å²) < 4.78 is 4.91. The SMILES string of the molecule is Cc1c(Cl)cccc1NC(=O)CCN1CCCOC1=O. The number of amides is 2. The number of halogens is 1. The molecule has 1 fully saturated rings. The van der Waals surface area contributed by atoms with Gasteiger partial charge in [-0.1, -0.05) is 17.7 Å². The van der Waals surface area contributed by atoms with E-state index in [0.29, 0.717) is 30.4 Å². The Balaban J connectivity index is 1.86. The average molecular weight is 297 g/mol. The quantitative estimate of drug-likeness (QED) is 0.929. The molecule has 1 aliphatic heterocycles. The van der Waals surface area contributed by atoms with Gasteiger partial charge in [0.05, 0.1) is 6.61 Å². The number of rotatable bonds is 4. The number of carbonyl (C=O) groups excluding carboxylic acids is 2. The van der Waals surface area contributed by atoms with Crippen molar-refractivity contribution in [2.75, 3.05) is 25.0 Å². The minimum atomic E-state index is -0.344. The highest BCUT2D eigenvalue weighted by atomic mass is 35.5. The minimum absolute atomic E-state index is 0.145. The largest absolute Gasteiger partial charge is 0.449 e. The third-order valence-electron chi connectivity index (χ3n) is 3.21. The van der Waals surface area contributed by atoms with Gasteiger partial charge >= 0.3 is 6.09 Å². The Hall–Kier alpha value is -1.75. The smallest absolute Gasteiger partial charge is 0.409 e. The van der Waals surface area contributed by atoms with E-state index in [1.165, 1.54) is 0 Å². The molecule has 1 aliphatic rings. The first-order valence-electron chi connectivity index (χ1n) is 6.54. The van der Waals surface area contributed by atoms with Crippen molar-refractivity contribution in [1.82, 2.24) is 4.90 Å². The summed E-state index contributed by atoms with van der Waals surface area (Å²) in [5.74, 6) is -0.145. The monoisotopic (exact) mass is 296 g/mol. The van der Waals surface area contributed by atoms with Gasteiger partial charge in [0.25, 0.3) is 0 Å². The lowest BCUT2D eigenvalue weighted by Gasteiger charge is -2.25. The highest BCUT2D eigenvalue weighted by Crippen LogP contribution is 2.23. The van der Waals surface area contributed by atoms with Crippen LogP contribution in [0.3, 0.4) is 0 Å². The highest BCUT2D eigenvalue weighted by molar-refractivity contribution is 6.31. The van der Waals surface area contributed by atoms with E-state index in [1.54, 1.807) is 23.1 Å². The Bertz CT molecular complexity index is 519. The lowest BCUT2D eigenvalue weighted by atomic mass is 10.2. The number of hydrogen-bond acceptors (Lipinski definition) is 3. The van der Waals surface area contributed by atoms with Crippen molar-refractivity contribution in [3.8, 4) is 0 Å². The van der Waals surface area contributed by atoms with Gasteiger partial charge in [-0.05, 0) is 31.0 Å². The molecule has 0 aliphatic carbocycles. The first kappa shape index (κ1) is 14.7. The molecule has 1 aromatic rings. The van der Waals surface area contributed by atoms with Gasteiger partial charge in [0.15, 0.2) is 0 Å². The molecule has 108 valence electrons. The van der Waals surface area contributed by atoms with E-state index in [-0.39, 0.29) is 18.4 Å². The predicted octanol–water partition coefficient (Wildman–Crippen LogP) is 2.82. The molecule has 0 spiro atoms. The van der Waals surface area contributed by atoms with Gasteiger partial charge in [-0.2, -0.15) is 0 Å². The van der Waals surface area contributed by atoms with E-state index < -0.39 is 0 Å². The predicted molar refractivity (Wildman–Crippen MR) is 77.0 cm³/mol. The fourth-order valence-corrected chi connectivity index (χ4v) is 2.17. The fraction of sp³-hybridized carbons (Fsp3) is 0.429. The highest BCUT2D eigenvalue weighted by Gasteiger charge is 2.20. The Labute approximate surface area is 122 Å². The van der Waals surface area contributed by atoms with Crippen molar-refractivity contribution in [3.05, 3.63) is 28.8 Å². The van der Waals surface area contributed by atoms with Crippen LogP contribution in [0.2, 0.25) is 5.02 Å². The van der Waals surface area contributed by atoms with Crippen LogP contribution >= 0.6 is 11.6 Å². The molecule has 1 aromatic carbocycles. The molecule has 0 saturated carbocycles. The van der Waals surface area contributed by atoms with Crippen molar-refractivity contribution in [2.24, 2.45) is 0 Å². The Morgan fingerprint density at radius 1 is 1.50 bits per heavy atom. The summed E-state index contributed by atoms with van der Waals surface area (Å²) in [5.41, 5.74) is 1.53. The fourth-order valence-electron chi connectivity index (χ4n) is 1.99. The third kappa shape index (κ3) is 3.63. The van der Waals surface area contributed by atoms with E-state index in [0.717, 1.165) is 12.0 Å². The first-order chi connectivity index (χ1) is 9.58. The molecule has 20 heavy (non-hydrogen) atoms. The maximum atomic E-state index is 11.9. The molecular formula is C14H17ClN2O3. The second-order valence-electron chi connectivity index (χ2n) is 4.67. The van der Waals surface area contributed by atoms with Crippen LogP contribution in [0.1, 0.15) is 18.4 Å². The Morgan fingerprint density at radius 3 is 3.05 bits per heavy atom. The second kappa shape index (κ2) is 6.61. The van der Waals surface area contributed by atoms with E-state index >= 15 is 0 Å². The van der Waals surface area contributed by atoms with E-state index in [2.05, 4.69) is 5.32 Å². The molecular weight excluding hydrogens is 280 g/mol. The van der Waals surface area contributed by atoms with Crippen LogP contribution in [-0.2, 0) is 9.53 Å². The first-order valence-corrected chi connectivity index (χ1v) is 6.92. The minimum Gasteiger partial charge on any atom is -0.449 e. The number of cyclic esters (lactones) is 1. The lowest BCUT2D eigenvalue weighted by Crippen LogP contribution is -2.39. The number of nitrogens with one attached hydrogen (secondary N) is 1. The van der Waals surface area contributed by atoms with Crippen LogP contribution in [-0.4, -0.2) is 36.6 Å². The molecule has 2 rings (SSSR count). The van der Waals surface area contributed by atoms with Crippen LogP contribution in [0.5, 0.6) is 0 Å². The summed E-state index contributed by atoms with van der Waals surface area (Å²) in [5, 5.41) is 3.42. The second-order valence-corrected chi connectivity index (χ2v) is 5.07. The zero-order valence-corrected chi connectivity index (χ0v) is 12.1. The van der Waals surface area contributed by atoms with Crippen LogP contribution in [0, 0.1) is 6.92 Å². The van der Waals surface area contributed by atoms with Gasteiger partial charge in [-0.15, -0.1) is 0 Å². The molecule has 0 unspecified atom stereocenters. The van der Waals surface area contributed by atoms with E-state index in [4.69, 9.17) is 16.3 Å². The van der Waals surface area contributed by atoms with Crippen LogP contribution in [0.15, 0.2) is 18.2 Å². The summed E-state index contributed by atoms with van der Waals surface area (Å²) in [6, 6.07) is 5.36. The number of benzene rings is 1. The molecule has 1 heterocycles. The molecule has 5 nitrogen and oxygen atoms in total. The summed E-state index contributed by atoms with van der Waals surface area (Å²) in [6.45, 7) is 3.32. The zero-order valence-electron chi connectivity index (χ0n) is 11.3. The maximum absolute atomic E-state index is 11.9. The zero-order chi connectivity index (χ0) is 14.5. The van der Waals surface area contributed by atoms with Gasteiger partial charge < -0.3 is 15.0 Å². The van der Waals surface area contributed by atoms with Crippen molar-refractivity contribution in [1.29, 1.82) is 0 Å². The Morgan fingerprint density at radius 2 is 2.30 bits per heavy atom. The molecule has 1 N–H and O–H groups in total. The summed E-state index contributed by atoms with van der Waals surface area (Å²) >= 11 is 5.99. The number of hydrogen-bond donors (Lipinski definition) is 1. The van der Waals surface area contributed by atoms with Crippen LogP contribution in [0.4, 0.5) is 10.5 Å². The van der Waals surface area contributed by atoms with Crippen molar-refractivity contribution in [2.45, 2.75) is 19.8 Å². The van der Waals surface area contributed by atoms with Crippen molar-refractivity contribution < 1.29 is 14.3 Å². The number of anilines is 1. The molecule has 2 amide bonds. The topological polar surface area (TPSA) is 58.6 Å². The van der Waals surface area contributed by atoms with E-state index in [9.17, 15) is 9.59 Å². The van der Waals surface area contributed by atoms with E-state index in [1.807, 2.05) is 6.92 Å². The van der Waals surface area contributed by atoms with Gasteiger partial charge in [0.1, 0.15) is 0 Å². The molecule has 6 heteroatoms. The third-order valence-corrected chi connectivity index (χ3v) is 3.62. The average Bonchev–Trinajstić information content (AvgIpc) is 2.43. The standard InChI is InChI=1S/C14H17ClN2O3/c1-10-11(15)4-2-5-12(10)16-13(18)6-8-17-7-3-9-20-14(17)19/h2,4-5H,3,6-9H2,1H3,(H,16,18). The molecule has 0 aromatic heterocycles. The molecule has 0 bridgehead atoms. The Kier molecular flexibility index (Phi) is 4.84. The maximum Gasteiger partial charge on any atom is 0.409 e. The summed E-state index contributed by atoms with van der Waals surface area (Å²) in [6.07, 6.45) is 0.699. The lowest BCUT2D eigenvalue weighted by molar-refractivity contribution is -0.116.